The van der Waals surface area contributed by atoms with Gasteiger partial charge >= 0.3 is 0 Å². The summed E-state index contributed by atoms with van der Waals surface area (Å²) in [6.07, 6.45) is 2.29. The third-order valence-electron chi connectivity index (χ3n) is 5.02. The van der Waals surface area contributed by atoms with E-state index in [1.54, 1.807) is 23.1 Å². The van der Waals surface area contributed by atoms with Crippen molar-refractivity contribution in [1.82, 2.24) is 15.2 Å². The van der Waals surface area contributed by atoms with Gasteiger partial charge in [-0.1, -0.05) is 36.4 Å². The van der Waals surface area contributed by atoms with Gasteiger partial charge in [0.2, 0.25) is 0 Å². The van der Waals surface area contributed by atoms with Gasteiger partial charge in [-0.2, -0.15) is 0 Å². The molecule has 146 valence electrons. The molecule has 2 heterocycles. The van der Waals surface area contributed by atoms with Crippen molar-refractivity contribution in [2.75, 3.05) is 6.54 Å². The molecule has 0 saturated carbocycles. The van der Waals surface area contributed by atoms with Crippen LogP contribution in [0.2, 0.25) is 0 Å². The van der Waals surface area contributed by atoms with Gasteiger partial charge in [-0.15, -0.1) is 0 Å². The molecule has 29 heavy (non-hydrogen) atoms. The fraction of sp³-hybridized carbons (Fsp3) is 0.174. The molecule has 3 aromatic rings. The molecule has 0 radical (unpaired) electrons. The van der Waals surface area contributed by atoms with Gasteiger partial charge in [0, 0.05) is 31.4 Å². The summed E-state index contributed by atoms with van der Waals surface area (Å²) >= 11 is 0. The molecule has 1 aliphatic heterocycles. The van der Waals surface area contributed by atoms with Crippen molar-refractivity contribution >= 4 is 11.8 Å². The van der Waals surface area contributed by atoms with Crippen LogP contribution in [0.25, 0.3) is 0 Å². The lowest BCUT2D eigenvalue weighted by atomic mass is 9.99. The van der Waals surface area contributed by atoms with Gasteiger partial charge in [0.15, 0.2) is 0 Å². The van der Waals surface area contributed by atoms with Crippen LogP contribution in [0.1, 0.15) is 37.5 Å². The summed E-state index contributed by atoms with van der Waals surface area (Å²) in [5.74, 6) is -0.823. The van der Waals surface area contributed by atoms with E-state index in [-0.39, 0.29) is 29.9 Å². The summed E-state index contributed by atoms with van der Waals surface area (Å²) in [7, 11) is 0. The Morgan fingerprint density at radius 3 is 2.59 bits per heavy atom. The fourth-order valence-electron chi connectivity index (χ4n) is 3.41. The third-order valence-corrected chi connectivity index (χ3v) is 5.02. The highest BCUT2D eigenvalue weighted by molar-refractivity contribution is 5.98. The Labute approximate surface area is 168 Å². The van der Waals surface area contributed by atoms with Crippen LogP contribution >= 0.6 is 0 Å². The van der Waals surface area contributed by atoms with Crippen molar-refractivity contribution in [2.24, 2.45) is 0 Å². The number of aromatic nitrogens is 1. The number of hydrogen-bond donors (Lipinski definition) is 1. The molecule has 6 heteroatoms. The Kier molecular flexibility index (Phi) is 5.33. The highest BCUT2D eigenvalue weighted by atomic mass is 19.1. The Morgan fingerprint density at radius 2 is 1.79 bits per heavy atom. The number of hydrogen-bond acceptors (Lipinski definition) is 3. The van der Waals surface area contributed by atoms with Crippen molar-refractivity contribution < 1.29 is 14.0 Å². The number of halogens is 1. The summed E-state index contributed by atoms with van der Waals surface area (Å²) in [5, 5.41) is 2.74. The normalized spacial score (nSPS) is 12.9. The van der Waals surface area contributed by atoms with Crippen molar-refractivity contribution in [3.63, 3.8) is 0 Å². The summed E-state index contributed by atoms with van der Waals surface area (Å²) in [4.78, 5) is 31.2. The van der Waals surface area contributed by atoms with Crippen LogP contribution in [-0.2, 0) is 19.5 Å². The first-order valence-corrected chi connectivity index (χ1v) is 9.45. The zero-order valence-corrected chi connectivity index (χ0v) is 15.8. The quantitative estimate of drug-likeness (QED) is 0.744. The zero-order chi connectivity index (χ0) is 20.2. The van der Waals surface area contributed by atoms with E-state index in [0.29, 0.717) is 18.7 Å². The highest BCUT2D eigenvalue weighted by Crippen LogP contribution is 2.20. The second-order valence-electron chi connectivity index (χ2n) is 6.98. The number of benzene rings is 2. The Bertz CT molecular complexity index is 1050. The summed E-state index contributed by atoms with van der Waals surface area (Å²) in [6, 6.07) is 17.2. The summed E-state index contributed by atoms with van der Waals surface area (Å²) < 4.78 is 13.0. The van der Waals surface area contributed by atoms with Gasteiger partial charge in [-0.25, -0.2) is 4.39 Å². The van der Waals surface area contributed by atoms with Crippen LogP contribution in [-0.4, -0.2) is 28.2 Å². The lowest BCUT2D eigenvalue weighted by Crippen LogP contribution is -2.36. The molecule has 2 amide bonds. The second-order valence-corrected chi connectivity index (χ2v) is 6.98. The van der Waals surface area contributed by atoms with Crippen LogP contribution in [0.4, 0.5) is 4.39 Å². The summed E-state index contributed by atoms with van der Waals surface area (Å²) in [6.45, 7) is 1.45. The van der Waals surface area contributed by atoms with Crippen LogP contribution in [0, 0.1) is 5.82 Å². The Balaban J connectivity index is 1.43. The minimum atomic E-state index is -0.382. The minimum absolute atomic E-state index is 0.116. The summed E-state index contributed by atoms with van der Waals surface area (Å²) in [5.41, 5.74) is 3.81. The molecule has 4 rings (SSSR count). The average Bonchev–Trinajstić information content (AvgIpc) is 2.77. The largest absolute Gasteiger partial charge is 0.347 e. The molecule has 0 fully saturated rings. The second kappa shape index (κ2) is 8.22. The average molecular weight is 389 g/mol. The lowest BCUT2D eigenvalue weighted by molar-refractivity contribution is 0.0734. The maximum absolute atomic E-state index is 13.0. The number of amides is 2. The number of pyridine rings is 1. The fourth-order valence-corrected chi connectivity index (χ4v) is 3.41. The molecule has 0 aliphatic carbocycles. The first kappa shape index (κ1) is 18.8. The SMILES string of the molecule is O=C(NCc1ccc(F)cc1)c1cc(C(=O)N2CCc3ccccc3C2)ccn1. The van der Waals surface area contributed by atoms with E-state index in [2.05, 4.69) is 16.4 Å². The minimum Gasteiger partial charge on any atom is -0.347 e. The smallest absolute Gasteiger partial charge is 0.270 e. The molecule has 1 aliphatic rings. The van der Waals surface area contributed by atoms with Gasteiger partial charge in [0.1, 0.15) is 11.5 Å². The molecular weight excluding hydrogens is 369 g/mol. The van der Waals surface area contributed by atoms with Gasteiger partial charge in [0.25, 0.3) is 11.8 Å². The zero-order valence-electron chi connectivity index (χ0n) is 15.8. The van der Waals surface area contributed by atoms with Crippen molar-refractivity contribution in [3.05, 3.63) is 101 Å². The van der Waals surface area contributed by atoms with Gasteiger partial charge < -0.3 is 10.2 Å². The lowest BCUT2D eigenvalue weighted by Gasteiger charge is -2.29. The maximum atomic E-state index is 13.0. The molecule has 1 aromatic heterocycles. The molecular formula is C23H20FN3O2. The molecule has 5 nitrogen and oxygen atoms in total. The standard InChI is InChI=1S/C23H20FN3O2/c24-20-7-5-16(6-8-20)14-26-22(28)21-13-18(9-11-25-21)23(29)27-12-10-17-3-1-2-4-19(17)15-27/h1-9,11,13H,10,12,14-15H2,(H,26,28). The Morgan fingerprint density at radius 1 is 1.03 bits per heavy atom. The van der Waals surface area contributed by atoms with E-state index in [0.717, 1.165) is 17.5 Å². The van der Waals surface area contributed by atoms with Crippen molar-refractivity contribution in [3.8, 4) is 0 Å². The van der Waals surface area contributed by atoms with E-state index < -0.39 is 0 Å². The van der Waals surface area contributed by atoms with Gasteiger partial charge in [-0.05, 0) is 47.4 Å². The molecule has 0 unspecified atom stereocenters. The number of carbonyl (C=O) groups excluding carboxylic acids is 2. The predicted octanol–water partition coefficient (Wildman–Crippen LogP) is 3.35. The highest BCUT2D eigenvalue weighted by Gasteiger charge is 2.22. The van der Waals surface area contributed by atoms with Crippen LogP contribution in [0.5, 0.6) is 0 Å². The first-order chi connectivity index (χ1) is 14.1. The Hall–Kier alpha value is -3.54. The predicted molar refractivity (Wildman–Crippen MR) is 107 cm³/mol. The van der Waals surface area contributed by atoms with Crippen LogP contribution in [0.15, 0.2) is 66.9 Å². The topological polar surface area (TPSA) is 62.3 Å². The number of nitrogens with zero attached hydrogens (tertiary/aromatic N) is 2. The van der Waals surface area contributed by atoms with Gasteiger partial charge in [-0.3, -0.25) is 14.6 Å². The molecule has 0 spiro atoms. The van der Waals surface area contributed by atoms with E-state index in [1.165, 1.54) is 30.0 Å². The number of rotatable bonds is 4. The number of fused-ring (bicyclic) bond motifs is 1. The maximum Gasteiger partial charge on any atom is 0.270 e. The number of carbonyl (C=O) groups is 2. The van der Waals surface area contributed by atoms with Crippen molar-refractivity contribution in [2.45, 2.75) is 19.5 Å². The molecule has 1 N–H and O–H groups in total. The van der Waals surface area contributed by atoms with Crippen LogP contribution < -0.4 is 5.32 Å². The monoisotopic (exact) mass is 389 g/mol. The molecule has 0 atom stereocenters. The third kappa shape index (κ3) is 4.32. The van der Waals surface area contributed by atoms with E-state index in [1.807, 2.05) is 18.2 Å². The molecule has 0 saturated heterocycles. The number of nitrogens with one attached hydrogen (secondary N) is 1. The molecule has 0 bridgehead atoms. The van der Waals surface area contributed by atoms with E-state index in [4.69, 9.17) is 0 Å². The van der Waals surface area contributed by atoms with Gasteiger partial charge in [0.05, 0.1) is 0 Å². The van der Waals surface area contributed by atoms with E-state index in [9.17, 15) is 14.0 Å². The van der Waals surface area contributed by atoms with E-state index >= 15 is 0 Å². The van der Waals surface area contributed by atoms with Crippen molar-refractivity contribution in [1.29, 1.82) is 0 Å². The van der Waals surface area contributed by atoms with Crippen LogP contribution in [0.3, 0.4) is 0 Å². The molecule has 2 aromatic carbocycles. The first-order valence-electron chi connectivity index (χ1n) is 9.45.